The van der Waals surface area contributed by atoms with Crippen LogP contribution in [0.15, 0.2) is 0 Å². The summed E-state index contributed by atoms with van der Waals surface area (Å²) < 4.78 is 11.8. The van der Waals surface area contributed by atoms with Crippen LogP contribution in [-0.4, -0.2) is 16.9 Å². The number of rotatable bonds is 1. The molecule has 1 aromatic rings. The number of ether oxygens (including phenoxy) is 2. The van der Waals surface area contributed by atoms with Crippen molar-refractivity contribution in [3.63, 3.8) is 0 Å². The van der Waals surface area contributed by atoms with E-state index in [0.717, 1.165) is 4.88 Å². The summed E-state index contributed by atoms with van der Waals surface area (Å²) in [6, 6.07) is 0. The lowest BCUT2D eigenvalue weighted by Gasteiger charge is -2.16. The van der Waals surface area contributed by atoms with Gasteiger partial charge in [0.25, 0.3) is 0 Å². The first kappa shape index (κ1) is 11.6. The average Bonchev–Trinajstić information content (AvgIpc) is 2.52. The van der Waals surface area contributed by atoms with Crippen molar-refractivity contribution in [1.82, 2.24) is 4.98 Å². The summed E-state index contributed by atoms with van der Waals surface area (Å²) in [4.78, 5) is 4.78. The van der Waals surface area contributed by atoms with Gasteiger partial charge < -0.3 is 9.47 Å². The lowest BCUT2D eigenvalue weighted by atomic mass is 10.2. The molecule has 2 heterocycles. The fraction of sp³-hybridized carbons (Fsp3) is 0.667. The molecule has 2 rings (SSSR count). The predicted octanol–water partition coefficient (Wildman–Crippen LogP) is 3.66. The molecule has 1 aromatic heterocycles. The first-order valence-corrected chi connectivity index (χ1v) is 6.13. The topological polar surface area (TPSA) is 31.4 Å². The highest BCUT2D eigenvalue weighted by Gasteiger charge is 2.41. The molecule has 1 fully saturated rings. The number of aromatic nitrogens is 1. The number of halogens is 2. The van der Waals surface area contributed by atoms with Crippen molar-refractivity contribution in [3.8, 4) is 0 Å². The van der Waals surface area contributed by atoms with Gasteiger partial charge in [0.05, 0.1) is 11.0 Å². The molecule has 0 amide bonds. The Morgan fingerprint density at radius 3 is 2.40 bits per heavy atom. The van der Waals surface area contributed by atoms with Gasteiger partial charge in [0.1, 0.15) is 11.3 Å². The summed E-state index contributed by atoms with van der Waals surface area (Å²) in [5.74, 6) is -0.579. The maximum Gasteiger partial charge on any atom is 0.185 e. The minimum Gasteiger partial charge on any atom is -0.344 e. The van der Waals surface area contributed by atoms with Crippen molar-refractivity contribution in [2.45, 2.75) is 38.8 Å². The monoisotopic (exact) mass is 267 g/mol. The van der Waals surface area contributed by atoms with E-state index in [4.69, 9.17) is 32.7 Å². The fourth-order valence-electron chi connectivity index (χ4n) is 1.67. The van der Waals surface area contributed by atoms with Gasteiger partial charge in [0, 0.05) is 0 Å². The van der Waals surface area contributed by atoms with Gasteiger partial charge in [-0.1, -0.05) is 23.2 Å². The molecule has 0 aliphatic carbocycles. The molecule has 6 heteroatoms. The maximum absolute atomic E-state index is 5.96. The van der Waals surface area contributed by atoms with Gasteiger partial charge in [-0.2, -0.15) is 0 Å². The highest BCUT2D eigenvalue weighted by atomic mass is 35.5. The van der Waals surface area contributed by atoms with E-state index < -0.39 is 5.79 Å². The largest absolute Gasteiger partial charge is 0.344 e. The molecule has 84 valence electrons. The summed E-state index contributed by atoms with van der Waals surface area (Å²) in [5.41, 5.74) is 0. The van der Waals surface area contributed by atoms with Crippen molar-refractivity contribution < 1.29 is 9.47 Å². The summed E-state index contributed by atoms with van der Waals surface area (Å²) >= 11 is 13.1. The van der Waals surface area contributed by atoms with Gasteiger partial charge in [-0.05, 0) is 20.8 Å². The first-order valence-electron chi connectivity index (χ1n) is 4.56. The number of nitrogens with zero attached hydrogens (tertiary/aromatic N) is 1. The Morgan fingerprint density at radius 1 is 1.33 bits per heavy atom. The molecule has 0 aromatic carbocycles. The van der Waals surface area contributed by atoms with Gasteiger partial charge in [-0.15, -0.1) is 11.3 Å². The molecule has 0 unspecified atom stereocenters. The minimum atomic E-state index is -0.579. The second kappa shape index (κ2) is 3.86. The van der Waals surface area contributed by atoms with Crippen LogP contribution in [0.1, 0.15) is 31.8 Å². The van der Waals surface area contributed by atoms with Crippen LogP contribution in [-0.2, 0) is 9.47 Å². The summed E-state index contributed by atoms with van der Waals surface area (Å²) in [6.45, 7) is 5.70. The number of hydrogen-bond acceptors (Lipinski definition) is 4. The highest BCUT2D eigenvalue weighted by Crippen LogP contribution is 2.43. The van der Waals surface area contributed by atoms with Crippen LogP contribution in [0.2, 0.25) is 9.62 Å². The van der Waals surface area contributed by atoms with Gasteiger partial charge >= 0.3 is 0 Å². The zero-order valence-electron chi connectivity index (χ0n) is 8.58. The van der Waals surface area contributed by atoms with E-state index in [1.54, 1.807) is 0 Å². The van der Waals surface area contributed by atoms with Crippen LogP contribution in [0.3, 0.4) is 0 Å². The van der Waals surface area contributed by atoms with Crippen LogP contribution in [0.5, 0.6) is 0 Å². The molecule has 0 saturated carbocycles. The van der Waals surface area contributed by atoms with Gasteiger partial charge in [-0.3, -0.25) is 0 Å². The molecule has 1 saturated heterocycles. The maximum atomic E-state index is 5.96. The minimum absolute atomic E-state index is 0.0472. The van der Waals surface area contributed by atoms with Crippen LogP contribution in [0, 0.1) is 0 Å². The normalized spacial score (nSPS) is 29.7. The van der Waals surface area contributed by atoms with Crippen LogP contribution in [0.4, 0.5) is 0 Å². The fourth-order valence-corrected chi connectivity index (χ4v) is 3.21. The lowest BCUT2D eigenvalue weighted by Crippen LogP contribution is -2.20. The molecular weight excluding hydrogens is 257 g/mol. The summed E-state index contributed by atoms with van der Waals surface area (Å²) in [7, 11) is 0. The smallest absolute Gasteiger partial charge is 0.185 e. The van der Waals surface area contributed by atoms with Crippen molar-refractivity contribution >= 4 is 34.5 Å². The van der Waals surface area contributed by atoms with E-state index in [-0.39, 0.29) is 12.2 Å². The zero-order valence-corrected chi connectivity index (χ0v) is 10.9. The highest BCUT2D eigenvalue weighted by molar-refractivity contribution is 7.16. The van der Waals surface area contributed by atoms with E-state index in [0.29, 0.717) is 9.62 Å². The third kappa shape index (κ3) is 2.29. The van der Waals surface area contributed by atoms with Gasteiger partial charge in [-0.25, -0.2) is 4.98 Å². The molecule has 1 aliphatic heterocycles. The third-order valence-corrected chi connectivity index (χ3v) is 3.77. The molecule has 0 bridgehead atoms. The zero-order chi connectivity index (χ0) is 11.2. The molecule has 0 spiro atoms. The Labute approximate surface area is 102 Å². The van der Waals surface area contributed by atoms with E-state index in [9.17, 15) is 0 Å². The molecule has 0 N–H and O–H groups in total. The summed E-state index contributed by atoms with van der Waals surface area (Å²) in [5, 5.41) is 0.406. The second-order valence-corrected chi connectivity index (χ2v) is 5.85. The summed E-state index contributed by atoms with van der Waals surface area (Å²) in [6.07, 6.45) is -0.230. The van der Waals surface area contributed by atoms with Crippen molar-refractivity contribution in [3.05, 3.63) is 14.5 Å². The molecule has 3 nitrogen and oxygen atoms in total. The van der Waals surface area contributed by atoms with E-state index >= 15 is 0 Å². The Kier molecular flexibility index (Phi) is 2.99. The second-order valence-electron chi connectivity index (χ2n) is 3.88. The molecule has 15 heavy (non-hydrogen) atoms. The van der Waals surface area contributed by atoms with E-state index in [2.05, 4.69) is 4.98 Å². The number of hydrogen-bond donors (Lipinski definition) is 0. The Bertz CT molecular complexity index is 380. The third-order valence-electron chi connectivity index (χ3n) is 2.15. The molecule has 2 atom stereocenters. The van der Waals surface area contributed by atoms with Crippen molar-refractivity contribution in [1.29, 1.82) is 0 Å². The van der Waals surface area contributed by atoms with Gasteiger partial charge in [0.2, 0.25) is 0 Å². The van der Waals surface area contributed by atoms with Crippen LogP contribution in [0.25, 0.3) is 0 Å². The SMILES string of the molecule is C[C@@H]1OC(C)(C)O[C@H]1c1sc(Cl)nc1Cl. The molecule has 0 radical (unpaired) electrons. The van der Waals surface area contributed by atoms with Crippen molar-refractivity contribution in [2.75, 3.05) is 0 Å². The van der Waals surface area contributed by atoms with E-state index in [1.807, 2.05) is 20.8 Å². The lowest BCUT2D eigenvalue weighted by molar-refractivity contribution is -0.145. The Hall–Kier alpha value is 0.130. The molecule has 1 aliphatic rings. The average molecular weight is 268 g/mol. The Morgan fingerprint density at radius 2 is 2.00 bits per heavy atom. The Balaban J connectivity index is 2.29. The molecular formula is C9H11Cl2NO2S. The van der Waals surface area contributed by atoms with E-state index in [1.165, 1.54) is 11.3 Å². The van der Waals surface area contributed by atoms with Crippen LogP contribution >= 0.6 is 34.5 Å². The van der Waals surface area contributed by atoms with Gasteiger partial charge in [0.15, 0.2) is 10.3 Å². The van der Waals surface area contributed by atoms with Crippen LogP contribution < -0.4 is 0 Å². The predicted molar refractivity (Wildman–Crippen MR) is 60.6 cm³/mol. The van der Waals surface area contributed by atoms with Crippen molar-refractivity contribution in [2.24, 2.45) is 0 Å². The first-order chi connectivity index (χ1) is 6.89. The quantitative estimate of drug-likeness (QED) is 0.778. The standard InChI is InChI=1S/C9H11Cl2NO2S/c1-4-5(14-9(2,3)13-4)6-7(10)12-8(11)15-6/h4-5H,1-3H3/t4-,5+/m0/s1. The number of thiazole rings is 1.